The lowest BCUT2D eigenvalue weighted by molar-refractivity contribution is 0.590. The van der Waals surface area contributed by atoms with Crippen molar-refractivity contribution in [2.24, 2.45) is 0 Å². The third-order valence-corrected chi connectivity index (χ3v) is 15.4. The van der Waals surface area contributed by atoms with Crippen LogP contribution in [0.4, 0.5) is 11.4 Å². The van der Waals surface area contributed by atoms with Gasteiger partial charge in [0.2, 0.25) is 6.71 Å². The summed E-state index contributed by atoms with van der Waals surface area (Å²) in [6.45, 7) is 18.5. The first-order valence-corrected chi connectivity index (χ1v) is 23.4. The minimum atomic E-state index is 0.0353. The van der Waals surface area contributed by atoms with E-state index in [0.717, 1.165) is 66.5 Å². The summed E-state index contributed by atoms with van der Waals surface area (Å²) in [7, 11) is 0. The molecule has 0 atom stereocenters. The number of aromatic nitrogens is 1. The number of thiophene rings is 1. The van der Waals surface area contributed by atoms with Gasteiger partial charge in [-0.1, -0.05) is 115 Å². The third kappa shape index (κ3) is 5.35. The highest BCUT2D eigenvalue weighted by atomic mass is 32.1. The number of para-hydroxylation sites is 2. The van der Waals surface area contributed by atoms with Gasteiger partial charge in [0.1, 0.15) is 22.3 Å². The van der Waals surface area contributed by atoms with Crippen LogP contribution in [0.5, 0.6) is 0 Å². The van der Waals surface area contributed by atoms with Gasteiger partial charge in [-0.25, -0.2) is 0 Å². The fraction of sp³-hybridized carbons (Fsp3) is 0.172. The molecular formula is C58H47BN2O2S. The summed E-state index contributed by atoms with van der Waals surface area (Å²) >= 11 is 1.88. The van der Waals surface area contributed by atoms with Gasteiger partial charge in [-0.15, -0.1) is 11.3 Å². The Kier molecular flexibility index (Phi) is 7.63. The topological polar surface area (TPSA) is 43.2 Å². The fourth-order valence-electron chi connectivity index (χ4n) is 10.9. The molecule has 4 aromatic heterocycles. The Labute approximate surface area is 376 Å². The quantitative estimate of drug-likeness (QED) is 0.180. The number of fused-ring (bicyclic) bond motifs is 14. The molecule has 0 fully saturated rings. The van der Waals surface area contributed by atoms with Gasteiger partial charge >= 0.3 is 0 Å². The molecule has 0 bridgehead atoms. The molecule has 6 heteroatoms. The first-order valence-electron chi connectivity index (χ1n) is 22.6. The molecule has 0 saturated carbocycles. The Morgan fingerprint density at radius 3 is 1.89 bits per heavy atom. The van der Waals surface area contributed by atoms with E-state index in [4.69, 9.17) is 8.83 Å². The van der Waals surface area contributed by atoms with Gasteiger partial charge in [0.25, 0.3) is 0 Å². The Hall–Kier alpha value is -6.76. The number of nitrogens with zero attached hydrogens (tertiary/aromatic N) is 1. The number of furan rings is 2. The molecule has 12 aromatic rings. The normalized spacial score (nSPS) is 13.3. The van der Waals surface area contributed by atoms with Crippen LogP contribution in [0.3, 0.4) is 0 Å². The van der Waals surface area contributed by atoms with E-state index in [-0.39, 0.29) is 17.5 Å². The van der Waals surface area contributed by atoms with Crippen LogP contribution in [0, 0.1) is 6.92 Å². The number of anilines is 2. The van der Waals surface area contributed by atoms with E-state index < -0.39 is 0 Å². The van der Waals surface area contributed by atoms with Crippen molar-refractivity contribution < 1.29 is 8.83 Å². The van der Waals surface area contributed by atoms with Crippen LogP contribution < -0.4 is 16.2 Å². The average Bonchev–Trinajstić information content (AvgIpc) is 4.02. The number of benzene rings is 8. The van der Waals surface area contributed by atoms with Crippen molar-refractivity contribution in [2.75, 3.05) is 5.32 Å². The fourth-order valence-corrected chi connectivity index (χ4v) is 12.0. The molecule has 64 heavy (non-hydrogen) atoms. The standard InChI is InChI=1S/C58H47BN2O2S/c1-31-23-42(37-25-41-40-24-33(58(5,6)7)19-22-52(40)64-53(41)28-45(37)60-34-20-17-32(18-21-34)57(2,3)4)55-56-54(31)43-26-38-35-13-9-11-15-48(35)62-50(38)29-46(43)61(56)47-30-51-39(27-44(47)59(55)8)36-14-10-12-16-49(36)63-51/h9-30,60H,1-8H3. The highest BCUT2D eigenvalue weighted by molar-refractivity contribution is 7.25. The van der Waals surface area contributed by atoms with Gasteiger partial charge in [0, 0.05) is 92.8 Å². The zero-order chi connectivity index (χ0) is 43.6. The SMILES string of the molecule is CB1c2cc3c(cc2-n2c4cc5oc6ccccc6c5cc4c4c(C)cc(-c5cc6c(cc5Nc5ccc(C(C)(C)C)cc5)sc5ccc(C(C)(C)C)cc56)c1c42)oc1ccccc13. The lowest BCUT2D eigenvalue weighted by Crippen LogP contribution is -2.46. The first kappa shape index (κ1) is 37.8. The molecule has 1 aliphatic heterocycles. The molecular weight excluding hydrogens is 800 g/mol. The predicted octanol–water partition coefficient (Wildman–Crippen LogP) is 15.8. The number of nitrogens with one attached hydrogen (secondary N) is 1. The summed E-state index contributed by atoms with van der Waals surface area (Å²) in [5.41, 5.74) is 18.4. The highest BCUT2D eigenvalue weighted by Gasteiger charge is 2.35. The van der Waals surface area contributed by atoms with Crippen molar-refractivity contribution in [3.05, 3.63) is 150 Å². The van der Waals surface area contributed by atoms with Crippen molar-refractivity contribution in [3.63, 3.8) is 0 Å². The molecule has 1 N–H and O–H groups in total. The summed E-state index contributed by atoms with van der Waals surface area (Å²) in [5, 5.41) is 13.7. The first-order chi connectivity index (χ1) is 30.8. The summed E-state index contributed by atoms with van der Waals surface area (Å²) in [6.07, 6.45) is 0. The monoisotopic (exact) mass is 846 g/mol. The molecule has 1 aliphatic rings. The molecule has 0 spiro atoms. The van der Waals surface area contributed by atoms with Crippen molar-refractivity contribution in [3.8, 4) is 16.8 Å². The van der Waals surface area contributed by atoms with E-state index in [0.29, 0.717) is 0 Å². The predicted molar refractivity (Wildman–Crippen MR) is 276 cm³/mol. The van der Waals surface area contributed by atoms with Gasteiger partial charge in [-0.2, -0.15) is 0 Å². The number of hydrogen-bond donors (Lipinski definition) is 1. The van der Waals surface area contributed by atoms with Gasteiger partial charge in [0.15, 0.2) is 0 Å². The van der Waals surface area contributed by atoms with Crippen LogP contribution in [0.15, 0.2) is 142 Å². The van der Waals surface area contributed by atoms with Crippen LogP contribution in [0.25, 0.3) is 103 Å². The largest absolute Gasteiger partial charge is 0.456 e. The number of aryl methyl sites for hydroxylation is 1. The second kappa shape index (κ2) is 12.9. The molecule has 310 valence electrons. The van der Waals surface area contributed by atoms with E-state index in [2.05, 4.69) is 199 Å². The molecule has 0 amide bonds. The van der Waals surface area contributed by atoms with E-state index in [1.807, 2.05) is 11.3 Å². The molecule has 13 rings (SSSR count). The molecule has 0 unspecified atom stereocenters. The summed E-state index contributed by atoms with van der Waals surface area (Å²) < 4.78 is 18.3. The van der Waals surface area contributed by atoms with Crippen molar-refractivity contribution in [2.45, 2.75) is 66.1 Å². The van der Waals surface area contributed by atoms with E-state index in [1.165, 1.54) is 75.2 Å². The van der Waals surface area contributed by atoms with Gasteiger partial charge in [-0.3, -0.25) is 0 Å². The van der Waals surface area contributed by atoms with Crippen LogP contribution >= 0.6 is 11.3 Å². The maximum absolute atomic E-state index is 6.61. The van der Waals surface area contributed by atoms with E-state index in [9.17, 15) is 0 Å². The molecule has 0 radical (unpaired) electrons. The van der Waals surface area contributed by atoms with Crippen molar-refractivity contribution in [1.29, 1.82) is 0 Å². The zero-order valence-electron chi connectivity index (χ0n) is 37.5. The summed E-state index contributed by atoms with van der Waals surface area (Å²) in [5.74, 6) is 0. The van der Waals surface area contributed by atoms with E-state index in [1.54, 1.807) is 0 Å². The second-order valence-electron chi connectivity index (χ2n) is 20.3. The smallest absolute Gasteiger partial charge is 0.212 e. The maximum Gasteiger partial charge on any atom is 0.212 e. The van der Waals surface area contributed by atoms with Crippen molar-refractivity contribution in [1.82, 2.24) is 4.57 Å². The van der Waals surface area contributed by atoms with Crippen LogP contribution in [0.1, 0.15) is 58.2 Å². The second-order valence-corrected chi connectivity index (χ2v) is 21.4. The van der Waals surface area contributed by atoms with E-state index >= 15 is 0 Å². The molecule has 8 aromatic carbocycles. The Balaban J connectivity index is 1.15. The molecule has 4 nitrogen and oxygen atoms in total. The minimum absolute atomic E-state index is 0.0353. The zero-order valence-corrected chi connectivity index (χ0v) is 38.3. The number of rotatable bonds is 3. The van der Waals surface area contributed by atoms with Gasteiger partial charge in [0.05, 0.1) is 5.52 Å². The highest BCUT2D eigenvalue weighted by Crippen LogP contribution is 2.47. The Bertz CT molecular complexity index is 3980. The molecule has 0 saturated heterocycles. The van der Waals surface area contributed by atoms with Crippen LogP contribution in [0.2, 0.25) is 6.82 Å². The van der Waals surface area contributed by atoms with Gasteiger partial charge in [-0.05, 0) is 106 Å². The summed E-state index contributed by atoms with van der Waals surface area (Å²) in [6, 6.07) is 49.7. The molecule has 5 heterocycles. The Morgan fingerprint density at radius 2 is 1.19 bits per heavy atom. The van der Waals surface area contributed by atoms with Crippen LogP contribution in [-0.2, 0) is 10.8 Å². The molecule has 0 aliphatic carbocycles. The number of hydrogen-bond acceptors (Lipinski definition) is 4. The maximum atomic E-state index is 6.61. The Morgan fingerprint density at radius 1 is 0.547 bits per heavy atom. The lowest BCUT2D eigenvalue weighted by Gasteiger charge is -2.28. The minimum Gasteiger partial charge on any atom is -0.456 e. The van der Waals surface area contributed by atoms with Crippen LogP contribution in [-0.4, -0.2) is 11.3 Å². The average molecular weight is 847 g/mol. The summed E-state index contributed by atoms with van der Waals surface area (Å²) in [4.78, 5) is 0. The lowest BCUT2D eigenvalue weighted by atomic mass is 9.39. The third-order valence-electron chi connectivity index (χ3n) is 14.2. The van der Waals surface area contributed by atoms with Gasteiger partial charge < -0.3 is 18.7 Å². The van der Waals surface area contributed by atoms with Crippen molar-refractivity contribution >= 4 is 126 Å².